The van der Waals surface area contributed by atoms with Crippen molar-refractivity contribution in [2.75, 3.05) is 103 Å². The number of nitrogens with zero attached hydrogens (tertiary/aromatic N) is 5. The number of piperidine rings is 1. The van der Waals surface area contributed by atoms with Gasteiger partial charge in [0.25, 0.3) is 47.3 Å². The average molecular weight is 1970 g/mol. The molecule has 0 atom stereocenters. The lowest BCUT2D eigenvalue weighted by molar-refractivity contribution is 0.100. The van der Waals surface area contributed by atoms with Crippen molar-refractivity contribution in [2.24, 2.45) is 4.99 Å². The first-order chi connectivity index (χ1) is 64.1. The van der Waals surface area contributed by atoms with E-state index in [0.29, 0.717) is 97.6 Å². The van der Waals surface area contributed by atoms with Crippen LogP contribution in [0.1, 0.15) is 137 Å². The Hall–Kier alpha value is -13.7. The van der Waals surface area contributed by atoms with Crippen LogP contribution in [0.4, 0.5) is 63.1 Å². The fraction of sp³-hybridized carbons (Fsp3) is 0.143. The number of benzene rings is 12. The van der Waals surface area contributed by atoms with Gasteiger partial charge in [-0.1, -0.05) is 117 Å². The van der Waals surface area contributed by atoms with Crippen LogP contribution in [-0.4, -0.2) is 151 Å². The van der Waals surface area contributed by atoms with Gasteiger partial charge in [0.15, 0.2) is 0 Å². The zero-order valence-corrected chi connectivity index (χ0v) is 77.5. The molecule has 24 nitrogen and oxygen atoms in total. The number of amides is 8. The quantitative estimate of drug-likeness (QED) is 0.0193. The molecule has 15 rings (SSSR count). The van der Waals surface area contributed by atoms with Crippen LogP contribution in [0, 0.1) is 39.5 Å². The Morgan fingerprint density at radius 2 is 0.552 bits per heavy atom. The largest absolute Gasteiger partial charge is 0.363 e. The van der Waals surface area contributed by atoms with E-state index in [1.54, 1.807) is 129 Å². The van der Waals surface area contributed by atoms with E-state index in [1.165, 1.54) is 126 Å². The molecule has 2 fully saturated rings. The maximum atomic E-state index is 14.9. The molecule has 3 aliphatic rings. The number of anilines is 8. The second-order valence-electron chi connectivity index (χ2n) is 30.5. The number of carbonyl (C=O) groups is 8. The zero-order valence-electron chi connectivity index (χ0n) is 71.4. The molecule has 0 radical (unpaired) electrons. The molecule has 12 aromatic carbocycles. The van der Waals surface area contributed by atoms with Gasteiger partial charge in [-0.25, -0.2) is 17.6 Å². The highest BCUT2D eigenvalue weighted by Gasteiger charge is 2.28. The molecule has 0 unspecified atom stereocenters. The normalized spacial score (nSPS) is 12.4. The Bertz CT molecular complexity index is 6550. The van der Waals surface area contributed by atoms with Gasteiger partial charge in [-0.2, -0.15) is 0 Å². The summed E-state index contributed by atoms with van der Waals surface area (Å²) in [5.41, 5.74) is 4.19. The minimum absolute atomic E-state index is 0.104. The van der Waals surface area contributed by atoms with Crippen molar-refractivity contribution in [3.05, 3.63) is 373 Å². The Morgan fingerprint density at radius 3 is 0.821 bits per heavy atom. The predicted octanol–water partition coefficient (Wildman–Crippen LogP) is 23.4. The lowest BCUT2D eigenvalue weighted by atomic mass is 10.1. The molecule has 134 heavy (non-hydrogen) atoms. The number of likely N-dealkylation sites (N-methyl/N-ethyl adjacent to an activating group) is 1. The van der Waals surface area contributed by atoms with Gasteiger partial charge in [0, 0.05) is 139 Å². The number of carbonyl (C=O) groups excluding carboxylic acids is 8. The molecule has 36 heteroatoms. The molecule has 12 aromatic rings. The predicted molar refractivity (Wildman–Crippen MR) is 525 cm³/mol. The summed E-state index contributed by atoms with van der Waals surface area (Å²) in [6.45, 7) is 4.46. The van der Waals surface area contributed by atoms with Crippen molar-refractivity contribution in [1.29, 1.82) is 16.2 Å². The summed E-state index contributed by atoms with van der Waals surface area (Å²) in [6.07, 6.45) is 5.13. The lowest BCUT2D eigenvalue weighted by Gasteiger charge is -2.29. The molecule has 8 amide bonds. The third-order valence-electron chi connectivity index (χ3n) is 20.8. The molecule has 0 bridgehead atoms. The van der Waals surface area contributed by atoms with Crippen LogP contribution in [0.2, 0.25) is 40.2 Å². The van der Waals surface area contributed by atoms with Gasteiger partial charge >= 0.3 is 0 Å². The number of hydrogen-bond acceptors (Lipinski definition) is 13. The number of hydrogen-bond donors (Lipinski definition) is 11. The number of aliphatic imine (C=N–C) groups is 1. The molecular formula is C98H82Cl8F4N16O8. The minimum Gasteiger partial charge on any atom is -0.363 e. The number of likely N-dealkylation sites (tertiary alicyclic amines) is 2. The Kier molecular flexibility index (Phi) is 34.2. The van der Waals surface area contributed by atoms with Crippen LogP contribution >= 0.6 is 92.8 Å². The molecule has 3 heterocycles. The van der Waals surface area contributed by atoms with Gasteiger partial charge in [-0.05, 0) is 250 Å². The van der Waals surface area contributed by atoms with Gasteiger partial charge in [-0.3, -0.25) is 59.6 Å². The molecule has 0 aromatic heterocycles. The lowest BCUT2D eigenvalue weighted by Crippen LogP contribution is -2.35. The van der Waals surface area contributed by atoms with Crippen LogP contribution in [0.3, 0.4) is 0 Å². The van der Waals surface area contributed by atoms with E-state index in [-0.39, 0.29) is 84.8 Å². The molecule has 0 spiro atoms. The topological polar surface area (TPSA) is 330 Å². The third kappa shape index (κ3) is 26.6. The highest BCUT2D eigenvalue weighted by Crippen LogP contribution is 2.32. The zero-order chi connectivity index (χ0) is 96.1. The molecule has 3 aliphatic heterocycles. The summed E-state index contributed by atoms with van der Waals surface area (Å²) in [5, 5.41) is 49.1. The third-order valence-corrected chi connectivity index (χ3v) is 22.8. The summed E-state index contributed by atoms with van der Waals surface area (Å²) in [4.78, 5) is 114. The Balaban J connectivity index is 0.000000161. The second-order valence-corrected chi connectivity index (χ2v) is 34.0. The van der Waals surface area contributed by atoms with Crippen LogP contribution in [0.15, 0.2) is 248 Å². The first-order valence-electron chi connectivity index (χ1n) is 41.2. The van der Waals surface area contributed by atoms with Crippen molar-refractivity contribution >= 4 is 209 Å². The minimum atomic E-state index is -0.785. The first-order valence-corrected chi connectivity index (χ1v) is 44.2. The van der Waals surface area contributed by atoms with Crippen LogP contribution in [0.25, 0.3) is 0 Å². The summed E-state index contributed by atoms with van der Waals surface area (Å²) in [6, 6.07) is 60.2. The second kappa shape index (κ2) is 46.1. The van der Waals surface area contributed by atoms with Crippen molar-refractivity contribution in [3.8, 4) is 0 Å². The molecule has 686 valence electrons. The number of nitrogens with one attached hydrogen (secondary N) is 11. The van der Waals surface area contributed by atoms with Crippen LogP contribution in [-0.2, 0) is 0 Å². The average Bonchev–Trinajstić information content (AvgIpc) is 1.03. The van der Waals surface area contributed by atoms with E-state index in [4.69, 9.17) is 109 Å². The molecule has 0 aliphatic carbocycles. The Labute approximate surface area is 807 Å². The van der Waals surface area contributed by atoms with Crippen molar-refractivity contribution < 1.29 is 55.9 Å². The van der Waals surface area contributed by atoms with Gasteiger partial charge in [0.1, 0.15) is 46.6 Å². The smallest absolute Gasteiger partial charge is 0.258 e. The van der Waals surface area contributed by atoms with Crippen molar-refractivity contribution in [2.45, 2.75) is 32.1 Å². The van der Waals surface area contributed by atoms with Crippen LogP contribution in [0.5, 0.6) is 0 Å². The van der Waals surface area contributed by atoms with Gasteiger partial charge < -0.3 is 62.1 Å². The molecule has 0 saturated carbocycles. The summed E-state index contributed by atoms with van der Waals surface area (Å²) in [5.74, 6) is -6.59. The van der Waals surface area contributed by atoms with E-state index in [1.807, 2.05) is 21.7 Å². The number of rotatable bonds is 20. The first kappa shape index (κ1) is 99.3. The maximum absolute atomic E-state index is 14.9. The fourth-order valence-electron chi connectivity index (χ4n) is 13.8. The fourth-order valence-corrected chi connectivity index (χ4v) is 15.0. The van der Waals surface area contributed by atoms with E-state index in [0.717, 1.165) is 70.9 Å². The molecule has 2 saturated heterocycles. The van der Waals surface area contributed by atoms with Gasteiger partial charge in [0.05, 0.1) is 73.8 Å². The van der Waals surface area contributed by atoms with Gasteiger partial charge in [0.2, 0.25) is 0 Å². The molecule has 11 N–H and O–H groups in total. The standard InChI is InChI=1S/C26H23Cl2FN4O2.C25H21Cl2FN4O2.C24H19Cl2FN4O2.C23H19Cl2FN4O2/c27-17-5-8-19(9-6-17)31-26(35)21-15-18(28)7-11-23(21)32-25(34)20-10-4-16(14-22(20)29)24(30)33-12-2-1-3-13-33;26-16-4-7-18(8-5-16)30-25(34)20-14-17(27)6-10-22(20)31-24(33)19-9-3-15(13-21(19)28)23(29)32-11-1-2-12-32;1-31-11-10-28-22(31)14-2-8-18(20(27)12-14)23(32)30-21-9-5-16(26)13-19(21)24(33)29-17-6-3-15(25)4-7-17;1-30(2)21(27)13-3-9-17(19(26)11-13)22(31)29-20-10-6-15(25)12-18(20)23(32)28-16-7-4-14(24)5-8-16/h4-11,14-15,30H,1-3,12-13H2,(H,31,35)(H,32,34);3-10,13-14,29H,1-2,11-12H2,(H,30,34)(H,31,33);2-9,12-13H,10-11H2,1H3,(H,29,33)(H,30,32);3-12,27H,1-2H3,(H,28,32)(H,29,31). The van der Waals surface area contributed by atoms with E-state index in [2.05, 4.69) is 47.5 Å². The summed E-state index contributed by atoms with van der Waals surface area (Å²) >= 11 is 47.8. The van der Waals surface area contributed by atoms with Gasteiger partial charge in [-0.15, -0.1) is 0 Å². The number of amidine groups is 4. The molecular weight excluding hydrogens is 1890 g/mol. The highest BCUT2D eigenvalue weighted by atomic mass is 35.5. The van der Waals surface area contributed by atoms with Crippen LogP contribution < -0.4 is 42.5 Å². The van der Waals surface area contributed by atoms with E-state index in [9.17, 15) is 55.9 Å². The summed E-state index contributed by atoms with van der Waals surface area (Å²) < 4.78 is 59.1. The van der Waals surface area contributed by atoms with E-state index >= 15 is 0 Å². The van der Waals surface area contributed by atoms with Crippen molar-refractivity contribution in [3.63, 3.8) is 0 Å². The van der Waals surface area contributed by atoms with Crippen molar-refractivity contribution in [1.82, 2.24) is 19.6 Å². The summed E-state index contributed by atoms with van der Waals surface area (Å²) in [7, 11) is 5.21. The SMILES string of the molecule is CN(C)C(=N)c1ccc(C(=O)Nc2ccc(Cl)cc2C(=O)Nc2ccc(Cl)cc2)c(F)c1.CN1CCN=C1c1ccc(C(=O)Nc2ccc(Cl)cc2C(=O)Nc2ccc(Cl)cc2)c(F)c1.N=C(c1ccc(C(=O)Nc2ccc(Cl)cc2C(=O)Nc2ccc(Cl)cc2)c(F)c1)N1CCCC1.N=C(c1ccc(C(=O)Nc2ccc(Cl)cc2C(=O)Nc2ccc(Cl)cc2)c(F)c1)N1CCCCC1. The highest BCUT2D eigenvalue weighted by molar-refractivity contribution is 6.34. The maximum Gasteiger partial charge on any atom is 0.258 e. The van der Waals surface area contributed by atoms with E-state index < -0.39 is 70.5 Å². The monoisotopic (exact) mass is 1970 g/mol. The Morgan fingerprint density at radius 1 is 0.299 bits per heavy atom. The number of halogens is 12.